The molecule has 1 aromatic carbocycles. The lowest BCUT2D eigenvalue weighted by molar-refractivity contribution is 0.0651. The van der Waals surface area contributed by atoms with Crippen molar-refractivity contribution in [1.29, 1.82) is 10.5 Å². The first kappa shape index (κ1) is 12.9. The largest absolute Gasteiger partial charge is 0.478 e. The van der Waals surface area contributed by atoms with E-state index in [2.05, 4.69) is 0 Å². The monoisotopic (exact) mass is 242 g/mol. The van der Waals surface area contributed by atoms with Gasteiger partial charge in [-0.15, -0.1) is 0 Å². The maximum atomic E-state index is 11.0. The Morgan fingerprint density at radius 2 is 1.72 bits per heavy atom. The smallest absolute Gasteiger partial charge is 0.337 e. The van der Waals surface area contributed by atoms with Gasteiger partial charge in [0.1, 0.15) is 17.7 Å². The molecule has 1 aromatic rings. The Balaban J connectivity index is 3.57. The van der Waals surface area contributed by atoms with Gasteiger partial charge in [0.25, 0.3) is 0 Å². The van der Waals surface area contributed by atoms with Gasteiger partial charge in [-0.25, -0.2) is 9.59 Å². The summed E-state index contributed by atoms with van der Waals surface area (Å²) in [5, 5.41) is 35.1. The standard InChI is InChI=1S/C12H6N2O4/c13-5-7(6-14)4-8-2-1-3-9(11(15)16)10(8)12(17)18/h1-4H,(H,15,16)(H,17,18). The molecule has 0 aromatic heterocycles. The van der Waals surface area contributed by atoms with Crippen molar-refractivity contribution in [2.75, 3.05) is 0 Å². The van der Waals surface area contributed by atoms with Crippen LogP contribution in [0.15, 0.2) is 23.8 Å². The fourth-order valence-electron chi connectivity index (χ4n) is 1.35. The molecular weight excluding hydrogens is 236 g/mol. The van der Waals surface area contributed by atoms with E-state index >= 15 is 0 Å². The molecule has 18 heavy (non-hydrogen) atoms. The Morgan fingerprint density at radius 3 is 2.17 bits per heavy atom. The lowest BCUT2D eigenvalue weighted by Crippen LogP contribution is -2.09. The number of carboxylic acid groups (broad SMARTS) is 2. The lowest BCUT2D eigenvalue weighted by atomic mass is 9.99. The van der Waals surface area contributed by atoms with E-state index in [1.807, 2.05) is 0 Å². The van der Waals surface area contributed by atoms with Gasteiger partial charge < -0.3 is 10.2 Å². The van der Waals surface area contributed by atoms with Crippen LogP contribution in [-0.4, -0.2) is 22.2 Å². The average Bonchev–Trinajstić information content (AvgIpc) is 2.35. The summed E-state index contributed by atoms with van der Waals surface area (Å²) >= 11 is 0. The highest BCUT2D eigenvalue weighted by molar-refractivity contribution is 6.04. The molecule has 0 spiro atoms. The molecule has 0 amide bonds. The van der Waals surface area contributed by atoms with Crippen LogP contribution in [0.3, 0.4) is 0 Å². The number of hydrogen-bond acceptors (Lipinski definition) is 4. The van der Waals surface area contributed by atoms with Gasteiger partial charge in [0.2, 0.25) is 0 Å². The Hall–Kier alpha value is -3.12. The summed E-state index contributed by atoms with van der Waals surface area (Å²) in [7, 11) is 0. The van der Waals surface area contributed by atoms with Crippen molar-refractivity contribution in [3.8, 4) is 12.1 Å². The van der Waals surface area contributed by atoms with Crippen molar-refractivity contribution in [3.05, 3.63) is 40.5 Å². The molecule has 1 rings (SSSR count). The minimum atomic E-state index is -1.44. The van der Waals surface area contributed by atoms with Crippen molar-refractivity contribution >= 4 is 18.0 Å². The fourth-order valence-corrected chi connectivity index (χ4v) is 1.35. The second-order valence-corrected chi connectivity index (χ2v) is 3.16. The highest BCUT2D eigenvalue weighted by atomic mass is 16.4. The van der Waals surface area contributed by atoms with E-state index in [9.17, 15) is 9.59 Å². The minimum absolute atomic E-state index is 0.000463. The van der Waals surface area contributed by atoms with Gasteiger partial charge in [0, 0.05) is 0 Å². The number of hydrogen-bond donors (Lipinski definition) is 2. The Bertz CT molecular complexity index is 616. The zero-order valence-corrected chi connectivity index (χ0v) is 8.91. The Kier molecular flexibility index (Phi) is 3.80. The summed E-state index contributed by atoms with van der Waals surface area (Å²) in [5.74, 6) is -2.83. The van der Waals surface area contributed by atoms with Gasteiger partial charge in [-0.05, 0) is 17.7 Å². The molecule has 0 bridgehead atoms. The number of carbonyl (C=O) groups is 2. The van der Waals surface area contributed by atoms with E-state index < -0.39 is 23.1 Å². The lowest BCUT2D eigenvalue weighted by Gasteiger charge is -2.05. The van der Waals surface area contributed by atoms with Gasteiger partial charge in [0.15, 0.2) is 0 Å². The molecule has 0 fully saturated rings. The van der Waals surface area contributed by atoms with Crippen molar-refractivity contribution in [3.63, 3.8) is 0 Å². The highest BCUT2D eigenvalue weighted by Gasteiger charge is 2.19. The van der Waals surface area contributed by atoms with Crippen molar-refractivity contribution in [2.24, 2.45) is 0 Å². The fraction of sp³-hybridized carbons (Fsp3) is 0. The molecule has 88 valence electrons. The third-order valence-electron chi connectivity index (χ3n) is 2.08. The van der Waals surface area contributed by atoms with E-state index in [0.717, 1.165) is 12.1 Å². The Labute approximate surface area is 102 Å². The van der Waals surface area contributed by atoms with Crippen LogP contribution in [0.4, 0.5) is 0 Å². The highest BCUT2D eigenvalue weighted by Crippen LogP contribution is 2.18. The topological polar surface area (TPSA) is 122 Å². The number of aromatic carboxylic acids is 2. The van der Waals surface area contributed by atoms with Gasteiger partial charge in [-0.3, -0.25) is 0 Å². The van der Waals surface area contributed by atoms with Gasteiger partial charge in [0.05, 0.1) is 11.1 Å². The molecule has 0 aliphatic heterocycles. The van der Waals surface area contributed by atoms with Crippen molar-refractivity contribution < 1.29 is 19.8 Å². The molecule has 2 N–H and O–H groups in total. The number of allylic oxidation sites excluding steroid dienone is 1. The van der Waals surface area contributed by atoms with E-state index in [4.69, 9.17) is 20.7 Å². The molecular formula is C12H6N2O4. The Morgan fingerprint density at radius 1 is 1.11 bits per heavy atom. The minimum Gasteiger partial charge on any atom is -0.478 e. The van der Waals surface area contributed by atoms with Crippen LogP contribution in [0.5, 0.6) is 0 Å². The molecule has 0 saturated carbocycles. The molecule has 0 aliphatic rings. The van der Waals surface area contributed by atoms with Crippen LogP contribution in [0.25, 0.3) is 6.08 Å². The number of carboxylic acids is 2. The SMILES string of the molecule is N#CC(C#N)=Cc1cccc(C(=O)O)c1C(=O)O. The van der Waals surface area contributed by atoms with E-state index in [0.29, 0.717) is 0 Å². The molecule has 0 atom stereocenters. The van der Waals surface area contributed by atoms with Crippen LogP contribution in [0.1, 0.15) is 26.3 Å². The van der Waals surface area contributed by atoms with Crippen LogP contribution >= 0.6 is 0 Å². The molecule has 0 saturated heterocycles. The zero-order valence-electron chi connectivity index (χ0n) is 8.91. The van der Waals surface area contributed by atoms with Gasteiger partial charge in [-0.1, -0.05) is 12.1 Å². The first-order valence-corrected chi connectivity index (χ1v) is 4.62. The van der Waals surface area contributed by atoms with Gasteiger partial charge in [-0.2, -0.15) is 10.5 Å². The number of nitriles is 2. The maximum Gasteiger partial charge on any atom is 0.337 e. The van der Waals surface area contributed by atoms with Gasteiger partial charge >= 0.3 is 11.9 Å². The van der Waals surface area contributed by atoms with Crippen LogP contribution in [0.2, 0.25) is 0 Å². The van der Waals surface area contributed by atoms with Crippen LogP contribution in [0, 0.1) is 22.7 Å². The van der Waals surface area contributed by atoms with Crippen LogP contribution < -0.4 is 0 Å². The summed E-state index contributed by atoms with van der Waals surface area (Å²) in [6, 6.07) is 6.96. The maximum absolute atomic E-state index is 11.0. The van der Waals surface area contributed by atoms with Crippen LogP contribution in [-0.2, 0) is 0 Å². The number of benzene rings is 1. The van der Waals surface area contributed by atoms with Crippen molar-refractivity contribution in [1.82, 2.24) is 0 Å². The molecule has 0 aliphatic carbocycles. The second kappa shape index (κ2) is 5.28. The van der Waals surface area contributed by atoms with E-state index in [1.165, 1.54) is 12.1 Å². The molecule has 6 heteroatoms. The summed E-state index contributed by atoms with van der Waals surface area (Å²) in [4.78, 5) is 21.9. The summed E-state index contributed by atoms with van der Waals surface area (Å²) in [5.41, 5.74) is -1.15. The molecule has 6 nitrogen and oxygen atoms in total. The molecule has 0 unspecified atom stereocenters. The summed E-state index contributed by atoms with van der Waals surface area (Å²) in [6.07, 6.45) is 1.04. The number of nitrogens with zero attached hydrogens (tertiary/aromatic N) is 2. The van der Waals surface area contributed by atoms with Crippen molar-refractivity contribution in [2.45, 2.75) is 0 Å². The molecule has 0 heterocycles. The predicted octanol–water partition coefficient (Wildman–Crippen LogP) is 1.51. The summed E-state index contributed by atoms with van der Waals surface area (Å²) in [6.45, 7) is 0. The number of rotatable bonds is 3. The van der Waals surface area contributed by atoms with E-state index in [-0.39, 0.29) is 11.1 Å². The second-order valence-electron chi connectivity index (χ2n) is 3.16. The quantitative estimate of drug-likeness (QED) is 0.774. The first-order chi connectivity index (χ1) is 8.51. The zero-order chi connectivity index (χ0) is 13.7. The molecule has 0 radical (unpaired) electrons. The van der Waals surface area contributed by atoms with E-state index in [1.54, 1.807) is 12.1 Å². The summed E-state index contributed by atoms with van der Waals surface area (Å²) < 4.78 is 0. The third kappa shape index (κ3) is 2.52. The normalized spacial score (nSPS) is 8.78. The first-order valence-electron chi connectivity index (χ1n) is 4.62. The average molecular weight is 242 g/mol. The third-order valence-corrected chi connectivity index (χ3v) is 2.08. The predicted molar refractivity (Wildman–Crippen MR) is 59.6 cm³/mol.